The van der Waals surface area contributed by atoms with E-state index in [1.807, 2.05) is 0 Å². The first-order valence-corrected chi connectivity index (χ1v) is 14.3. The fourth-order valence-corrected chi connectivity index (χ4v) is 8.80. The number of nitrogens with zero attached hydrogens (tertiary/aromatic N) is 4. The summed E-state index contributed by atoms with van der Waals surface area (Å²) in [4.78, 5) is 4.08. The maximum Gasteiger partial charge on any atom is 0.296 e. The van der Waals surface area contributed by atoms with Crippen LogP contribution in [0.15, 0.2) is 46.2 Å². The third-order valence-corrected chi connectivity index (χ3v) is 10.8. The van der Waals surface area contributed by atoms with Crippen molar-refractivity contribution in [2.75, 3.05) is 22.9 Å². The van der Waals surface area contributed by atoms with Crippen LogP contribution in [0.4, 0.5) is 22.7 Å². The number of para-hydroxylation sites is 2. The van der Waals surface area contributed by atoms with Crippen LogP contribution in [-0.4, -0.2) is 48.4 Å². The molecule has 2 heterocycles. The van der Waals surface area contributed by atoms with Crippen LogP contribution in [0.1, 0.15) is 13.8 Å². The molecule has 10 nitrogen and oxygen atoms in total. The summed E-state index contributed by atoms with van der Waals surface area (Å²) in [6.07, 6.45) is 0. The Morgan fingerprint density at radius 3 is 1.53 bits per heavy atom. The van der Waals surface area contributed by atoms with Crippen LogP contribution < -0.4 is 14.5 Å². The van der Waals surface area contributed by atoms with Crippen LogP contribution >= 0.6 is 23.5 Å². The van der Waals surface area contributed by atoms with E-state index in [4.69, 9.17) is 0 Å². The second-order valence-corrected chi connectivity index (χ2v) is 12.8. The summed E-state index contributed by atoms with van der Waals surface area (Å²) >= 11 is 1.92. The fraction of sp³-hybridized carbons (Fsp3) is 0.333. The summed E-state index contributed by atoms with van der Waals surface area (Å²) in [6.45, 7) is 3.98. The summed E-state index contributed by atoms with van der Waals surface area (Å²) in [7, 11) is -8.80. The van der Waals surface area contributed by atoms with Crippen LogP contribution in [-0.2, 0) is 20.2 Å². The smallest absolute Gasteiger partial charge is 0.296 e. The standard InChI is InChI=1S/C18H20N4O6S4/c1-3-20-15-11(7-5-9-13(15)29-17(20)31(23,24)25)22(19)12-8-6-10-14-16(12)21(4-2)18(30-14)32(26,27)28/h5-10,17-18H,3-4H2,1-2H3,(H,23,24,25)(H,26,27,28). The number of thioether (sulfide) groups is 2. The fourth-order valence-electron chi connectivity index (χ4n) is 3.87. The molecule has 32 heavy (non-hydrogen) atoms. The highest BCUT2D eigenvalue weighted by Crippen LogP contribution is 2.53. The van der Waals surface area contributed by atoms with Crippen molar-refractivity contribution in [2.24, 2.45) is 0 Å². The largest absolute Gasteiger partial charge is 0.493 e. The highest BCUT2D eigenvalue weighted by Gasteiger charge is 2.44. The van der Waals surface area contributed by atoms with E-state index in [-0.39, 0.29) is 24.5 Å². The maximum absolute atomic E-state index is 11.9. The van der Waals surface area contributed by atoms with E-state index in [0.717, 1.165) is 28.2 Å². The molecule has 2 N–H and O–H groups in total. The van der Waals surface area contributed by atoms with Gasteiger partial charge in [0.15, 0.2) is 0 Å². The lowest BCUT2D eigenvalue weighted by Gasteiger charge is -2.25. The number of anilines is 2. The number of hydrogen-bond acceptors (Lipinski definition) is 8. The molecule has 172 valence electrons. The lowest BCUT2D eigenvalue weighted by atomic mass is 10.2. The van der Waals surface area contributed by atoms with Gasteiger partial charge in [0.25, 0.3) is 20.2 Å². The van der Waals surface area contributed by atoms with Crippen LogP contribution in [0.5, 0.6) is 0 Å². The van der Waals surface area contributed by atoms with Crippen molar-refractivity contribution in [3.05, 3.63) is 41.9 Å². The Bertz CT molecular complexity index is 1220. The maximum atomic E-state index is 11.9. The van der Waals surface area contributed by atoms with Gasteiger partial charge in [0.05, 0.1) is 0 Å². The van der Waals surface area contributed by atoms with Crippen molar-refractivity contribution in [3.8, 4) is 0 Å². The second-order valence-electron chi connectivity index (χ2n) is 7.01. The molecule has 2 unspecified atom stereocenters. The molecule has 0 bridgehead atoms. The van der Waals surface area contributed by atoms with Crippen molar-refractivity contribution < 1.29 is 25.9 Å². The van der Waals surface area contributed by atoms with Crippen molar-refractivity contribution >= 4 is 66.5 Å². The molecular formula is C18H20N4O6S4. The van der Waals surface area contributed by atoms with Crippen LogP contribution in [0.3, 0.4) is 0 Å². The van der Waals surface area contributed by atoms with Crippen LogP contribution in [0, 0.1) is 0 Å². The van der Waals surface area contributed by atoms with E-state index in [9.17, 15) is 31.5 Å². The molecule has 0 radical (unpaired) electrons. The Kier molecular flexibility index (Phi) is 5.96. The van der Waals surface area contributed by atoms with E-state index in [0.29, 0.717) is 21.2 Å². The van der Waals surface area contributed by atoms with Gasteiger partial charge in [-0.25, -0.2) is 4.70 Å². The zero-order valence-electron chi connectivity index (χ0n) is 17.0. The van der Waals surface area contributed by atoms with Gasteiger partial charge in [0.2, 0.25) is 20.8 Å². The molecule has 14 heteroatoms. The molecule has 0 saturated carbocycles. The average Bonchev–Trinajstić information content (AvgIpc) is 3.31. The molecule has 2 aliphatic rings. The van der Waals surface area contributed by atoms with Crippen LogP contribution in [0.2, 0.25) is 0 Å². The SMILES string of the molecule is CCN1c2c(cccc2[N+](=[N-])c2cccc3c2N(CC)C(S(=O)(=O)O)S3)SC1S(=O)(=O)O. The van der Waals surface area contributed by atoms with E-state index >= 15 is 0 Å². The Hall–Kier alpha value is -1.84. The molecule has 0 amide bonds. The first kappa shape index (κ1) is 23.3. The quantitative estimate of drug-likeness (QED) is 0.331. The van der Waals surface area contributed by atoms with Gasteiger partial charge in [0.1, 0.15) is 11.4 Å². The zero-order chi connectivity index (χ0) is 23.4. The summed E-state index contributed by atoms with van der Waals surface area (Å²) in [5, 5.41) is 0. The first-order valence-electron chi connectivity index (χ1n) is 9.53. The second kappa shape index (κ2) is 8.18. The molecule has 2 aromatic carbocycles. The molecule has 0 fully saturated rings. The normalized spacial score (nSPS) is 20.4. The number of benzene rings is 2. The minimum atomic E-state index is -4.40. The average molecular weight is 517 g/mol. The molecule has 0 spiro atoms. The Morgan fingerprint density at radius 1 is 0.844 bits per heavy atom. The molecular weight excluding hydrogens is 496 g/mol. The minimum absolute atomic E-state index is 0.254. The van der Waals surface area contributed by atoms with Crippen molar-refractivity contribution in [1.82, 2.24) is 4.70 Å². The predicted octanol–water partition coefficient (Wildman–Crippen LogP) is 3.75. The van der Waals surface area contributed by atoms with E-state index in [2.05, 4.69) is 0 Å². The van der Waals surface area contributed by atoms with E-state index in [1.165, 1.54) is 9.80 Å². The van der Waals surface area contributed by atoms with Gasteiger partial charge in [-0.2, -0.15) is 16.8 Å². The number of rotatable bonds is 6. The Balaban J connectivity index is 1.84. The number of fused-ring (bicyclic) bond motifs is 2. The lowest BCUT2D eigenvalue weighted by molar-refractivity contribution is 0.476. The highest BCUT2D eigenvalue weighted by molar-refractivity contribution is 8.12. The third kappa shape index (κ3) is 3.78. The minimum Gasteiger partial charge on any atom is -0.493 e. The molecule has 4 rings (SSSR count). The summed E-state index contributed by atoms with van der Waals surface area (Å²) in [6, 6.07) is 9.91. The summed E-state index contributed by atoms with van der Waals surface area (Å²) in [5.41, 5.74) is 12.7. The van der Waals surface area contributed by atoms with E-state index in [1.54, 1.807) is 50.2 Å². The zero-order valence-corrected chi connectivity index (χ0v) is 20.2. The monoisotopic (exact) mass is 516 g/mol. The van der Waals surface area contributed by atoms with Gasteiger partial charge in [-0.15, -0.1) is 0 Å². The topological polar surface area (TPSA) is 141 Å². The van der Waals surface area contributed by atoms with Gasteiger partial charge in [-0.05, 0) is 26.0 Å². The molecule has 0 aliphatic carbocycles. The molecule has 2 atom stereocenters. The Labute approximate surface area is 194 Å². The van der Waals surface area contributed by atoms with Crippen molar-refractivity contribution in [2.45, 2.75) is 33.1 Å². The predicted molar refractivity (Wildman–Crippen MR) is 126 cm³/mol. The molecule has 0 saturated heterocycles. The van der Waals surface area contributed by atoms with Gasteiger partial charge in [0, 0.05) is 35.0 Å². The van der Waals surface area contributed by atoms with Crippen molar-refractivity contribution in [1.29, 1.82) is 0 Å². The van der Waals surface area contributed by atoms with Gasteiger partial charge in [-0.3, -0.25) is 9.11 Å². The first-order chi connectivity index (χ1) is 15.0. The lowest BCUT2D eigenvalue weighted by Crippen LogP contribution is -2.36. The van der Waals surface area contributed by atoms with Gasteiger partial charge in [-0.1, -0.05) is 35.7 Å². The highest BCUT2D eigenvalue weighted by atomic mass is 32.3. The van der Waals surface area contributed by atoms with Crippen molar-refractivity contribution in [3.63, 3.8) is 0 Å². The summed E-state index contributed by atoms with van der Waals surface area (Å²) in [5.74, 6) is 0. The third-order valence-electron chi connectivity index (χ3n) is 5.14. The van der Waals surface area contributed by atoms with Gasteiger partial charge < -0.3 is 15.3 Å². The van der Waals surface area contributed by atoms with Crippen LogP contribution in [0.25, 0.3) is 5.53 Å². The van der Waals surface area contributed by atoms with E-state index < -0.39 is 29.6 Å². The summed E-state index contributed by atoms with van der Waals surface area (Å²) < 4.78 is 65.4. The molecule has 2 aromatic rings. The molecule has 2 aliphatic heterocycles. The Morgan fingerprint density at radius 2 is 1.22 bits per heavy atom. The molecule has 0 aromatic heterocycles. The number of hydrogen-bond donors (Lipinski definition) is 2. The van der Waals surface area contributed by atoms with Gasteiger partial charge >= 0.3 is 0 Å².